The van der Waals surface area contributed by atoms with E-state index < -0.39 is 7.60 Å². The lowest BCUT2D eigenvalue weighted by Crippen LogP contribution is -2.09. The Kier molecular flexibility index (Phi) is 5.17. The van der Waals surface area contributed by atoms with E-state index in [0.717, 1.165) is 16.7 Å². The number of hydrogen-bond donors (Lipinski definition) is 0. The third kappa shape index (κ3) is 3.04. The van der Waals surface area contributed by atoms with Gasteiger partial charge in [0.2, 0.25) is 0 Å². The van der Waals surface area contributed by atoms with E-state index in [4.69, 9.17) is 9.05 Å². The molecular formula is C15H19O3PS. The smallest absolute Gasteiger partial charge is 0.305 e. The molecule has 0 bridgehead atoms. The first-order valence-corrected chi connectivity index (χ1v) is 9.07. The van der Waals surface area contributed by atoms with Crippen LogP contribution in [-0.2, 0) is 13.6 Å². The highest BCUT2D eigenvalue weighted by Crippen LogP contribution is 2.50. The second-order valence-electron chi connectivity index (χ2n) is 4.28. The average Bonchev–Trinajstić information content (AvgIpc) is 2.83. The van der Waals surface area contributed by atoms with Crippen LogP contribution in [-0.4, -0.2) is 13.2 Å². The highest BCUT2D eigenvalue weighted by Gasteiger charge is 2.31. The zero-order valence-corrected chi connectivity index (χ0v) is 13.7. The third-order valence-corrected chi connectivity index (χ3v) is 6.84. The van der Waals surface area contributed by atoms with Crippen LogP contribution in [0.3, 0.4) is 0 Å². The van der Waals surface area contributed by atoms with Gasteiger partial charge >= 0.3 is 7.60 Å². The molecule has 0 atom stereocenters. The monoisotopic (exact) mass is 310 g/mol. The summed E-state index contributed by atoms with van der Waals surface area (Å²) in [5.74, 6) is 0. The summed E-state index contributed by atoms with van der Waals surface area (Å²) in [4.78, 5) is 0. The fourth-order valence-electron chi connectivity index (χ4n) is 2.07. The quantitative estimate of drug-likeness (QED) is 0.731. The van der Waals surface area contributed by atoms with Crippen molar-refractivity contribution in [3.05, 3.63) is 41.3 Å². The normalized spacial score (nSPS) is 11.8. The Balaban J connectivity index is 2.44. The van der Waals surface area contributed by atoms with Gasteiger partial charge in [0.05, 0.1) is 13.2 Å². The van der Waals surface area contributed by atoms with Crippen molar-refractivity contribution in [1.82, 2.24) is 0 Å². The molecule has 3 nitrogen and oxygen atoms in total. The van der Waals surface area contributed by atoms with E-state index in [1.807, 2.05) is 56.5 Å². The molecule has 0 N–H and O–H groups in total. The number of benzene rings is 1. The maximum absolute atomic E-state index is 12.8. The molecule has 5 heteroatoms. The van der Waals surface area contributed by atoms with Crippen molar-refractivity contribution in [2.24, 2.45) is 0 Å². The van der Waals surface area contributed by atoms with Gasteiger partial charge in [-0.1, -0.05) is 30.3 Å². The minimum atomic E-state index is -3.19. The van der Waals surface area contributed by atoms with E-state index >= 15 is 0 Å². The van der Waals surface area contributed by atoms with Crippen LogP contribution in [0.5, 0.6) is 0 Å². The fraction of sp³-hybridized carbons (Fsp3) is 0.333. The molecule has 0 amide bonds. The van der Waals surface area contributed by atoms with Crippen LogP contribution in [0, 0.1) is 6.92 Å². The highest BCUT2D eigenvalue weighted by molar-refractivity contribution is 7.68. The summed E-state index contributed by atoms with van der Waals surface area (Å²) in [7, 11) is -3.19. The Bertz CT molecular complexity index is 597. The first kappa shape index (κ1) is 15.5. The molecule has 0 fully saturated rings. The molecule has 2 rings (SSSR count). The van der Waals surface area contributed by atoms with E-state index in [1.165, 1.54) is 11.3 Å². The zero-order valence-electron chi connectivity index (χ0n) is 12.0. The molecule has 1 aromatic carbocycles. The molecule has 0 aliphatic rings. The van der Waals surface area contributed by atoms with Crippen LogP contribution in [0.4, 0.5) is 0 Å². The molecule has 0 radical (unpaired) electrons. The van der Waals surface area contributed by atoms with Crippen LogP contribution >= 0.6 is 18.9 Å². The topological polar surface area (TPSA) is 35.5 Å². The fourth-order valence-corrected chi connectivity index (χ4v) is 5.41. The lowest BCUT2D eigenvalue weighted by atomic mass is 10.1. The maximum atomic E-state index is 12.8. The number of thiophene rings is 1. The number of rotatable bonds is 6. The van der Waals surface area contributed by atoms with Crippen LogP contribution in [0.2, 0.25) is 0 Å². The summed E-state index contributed by atoms with van der Waals surface area (Å²) in [6, 6.07) is 10.1. The van der Waals surface area contributed by atoms with Crippen molar-refractivity contribution in [2.45, 2.75) is 20.8 Å². The molecule has 2 aromatic rings. The van der Waals surface area contributed by atoms with Gasteiger partial charge in [-0.15, -0.1) is 11.3 Å². The van der Waals surface area contributed by atoms with Gasteiger partial charge in [0.15, 0.2) is 0 Å². The first-order chi connectivity index (χ1) is 9.62. The lowest BCUT2D eigenvalue weighted by Gasteiger charge is -2.16. The van der Waals surface area contributed by atoms with Gasteiger partial charge in [0, 0.05) is 0 Å². The molecule has 1 heterocycles. The summed E-state index contributed by atoms with van der Waals surface area (Å²) in [5.41, 5.74) is 3.18. The van der Waals surface area contributed by atoms with Crippen molar-refractivity contribution >= 4 is 23.6 Å². The Morgan fingerprint density at radius 3 is 2.25 bits per heavy atom. The van der Waals surface area contributed by atoms with Crippen molar-refractivity contribution in [3.63, 3.8) is 0 Å². The predicted octanol–water partition coefficient (Wildman–Crippen LogP) is 4.61. The zero-order chi connectivity index (χ0) is 14.6. The molecule has 0 aliphatic heterocycles. The maximum Gasteiger partial charge on any atom is 0.371 e. The van der Waals surface area contributed by atoms with Gasteiger partial charge in [0.25, 0.3) is 0 Å². The van der Waals surface area contributed by atoms with Crippen molar-refractivity contribution < 1.29 is 13.6 Å². The molecule has 0 aliphatic carbocycles. The first-order valence-electron chi connectivity index (χ1n) is 6.65. The Labute approximate surface area is 124 Å². The lowest BCUT2D eigenvalue weighted by molar-refractivity contribution is 0.230. The predicted molar refractivity (Wildman–Crippen MR) is 85.0 cm³/mol. The Morgan fingerprint density at radius 1 is 1.10 bits per heavy atom. The SMILES string of the molecule is CCOP(=O)(OCC)c1scc(-c2ccccc2)c1C. The van der Waals surface area contributed by atoms with E-state index in [-0.39, 0.29) is 0 Å². The van der Waals surface area contributed by atoms with Crippen molar-refractivity contribution in [2.75, 3.05) is 13.2 Å². The van der Waals surface area contributed by atoms with Crippen molar-refractivity contribution in [3.8, 4) is 11.1 Å². The molecule has 108 valence electrons. The summed E-state index contributed by atoms with van der Waals surface area (Å²) in [6.07, 6.45) is 0. The third-order valence-electron chi connectivity index (χ3n) is 2.94. The van der Waals surface area contributed by atoms with Gasteiger partial charge < -0.3 is 9.05 Å². The van der Waals surface area contributed by atoms with Gasteiger partial charge in [-0.3, -0.25) is 4.57 Å². The minimum absolute atomic E-state index is 0.370. The van der Waals surface area contributed by atoms with Gasteiger partial charge in [-0.05, 0) is 42.8 Å². The molecule has 0 saturated heterocycles. The molecule has 0 spiro atoms. The van der Waals surface area contributed by atoms with Crippen LogP contribution in [0.15, 0.2) is 35.7 Å². The minimum Gasteiger partial charge on any atom is -0.305 e. The summed E-state index contributed by atoms with van der Waals surface area (Å²) in [5, 5.41) is 2.02. The number of hydrogen-bond acceptors (Lipinski definition) is 4. The van der Waals surface area contributed by atoms with E-state index in [9.17, 15) is 4.57 Å². The Morgan fingerprint density at radius 2 is 1.70 bits per heavy atom. The summed E-state index contributed by atoms with van der Waals surface area (Å²) >= 11 is 1.44. The van der Waals surface area contributed by atoms with Gasteiger partial charge in [0.1, 0.15) is 4.62 Å². The highest BCUT2D eigenvalue weighted by atomic mass is 32.1. The van der Waals surface area contributed by atoms with Gasteiger partial charge in [-0.25, -0.2) is 0 Å². The van der Waals surface area contributed by atoms with Crippen LogP contribution < -0.4 is 4.62 Å². The van der Waals surface area contributed by atoms with E-state index in [1.54, 1.807) is 0 Å². The second kappa shape index (κ2) is 6.68. The molecule has 0 saturated carbocycles. The van der Waals surface area contributed by atoms with Crippen LogP contribution in [0.25, 0.3) is 11.1 Å². The molecule has 20 heavy (non-hydrogen) atoms. The Hall–Kier alpha value is -0.930. The summed E-state index contributed by atoms with van der Waals surface area (Å²) in [6.45, 7) is 6.36. The molecular weight excluding hydrogens is 291 g/mol. The van der Waals surface area contributed by atoms with Gasteiger partial charge in [-0.2, -0.15) is 0 Å². The molecule has 1 aromatic heterocycles. The standard InChI is InChI=1S/C15H19O3PS/c1-4-17-19(16,18-5-2)15-12(3)14(11-20-15)13-9-7-6-8-10-13/h6-11H,4-5H2,1-3H3. The second-order valence-corrected chi connectivity index (χ2v) is 7.42. The molecule has 0 unspecified atom stereocenters. The van der Waals surface area contributed by atoms with Crippen molar-refractivity contribution in [1.29, 1.82) is 0 Å². The average molecular weight is 310 g/mol. The van der Waals surface area contributed by atoms with E-state index in [0.29, 0.717) is 17.8 Å². The van der Waals surface area contributed by atoms with Crippen LogP contribution in [0.1, 0.15) is 19.4 Å². The van der Waals surface area contributed by atoms with E-state index in [2.05, 4.69) is 0 Å². The summed E-state index contributed by atoms with van der Waals surface area (Å²) < 4.78 is 24.4. The largest absolute Gasteiger partial charge is 0.371 e.